The maximum Gasteiger partial charge on any atom is 0.0961 e. The van der Waals surface area contributed by atoms with Crippen LogP contribution in [0.15, 0.2) is 35.7 Å². The van der Waals surface area contributed by atoms with E-state index in [-0.39, 0.29) is 0 Å². The van der Waals surface area contributed by atoms with Crippen LogP contribution in [0.25, 0.3) is 11.3 Å². The summed E-state index contributed by atoms with van der Waals surface area (Å²) < 4.78 is 0. The van der Waals surface area contributed by atoms with E-state index in [1.54, 1.807) is 11.3 Å². The zero-order valence-electron chi connectivity index (χ0n) is 11.0. The maximum atomic E-state index is 10.5. The Balaban J connectivity index is 1.75. The van der Waals surface area contributed by atoms with Gasteiger partial charge in [-0.05, 0) is 13.5 Å². The Morgan fingerprint density at radius 3 is 2.84 bits per heavy atom. The van der Waals surface area contributed by atoms with Gasteiger partial charge in [0.15, 0.2) is 0 Å². The number of aliphatic hydroxyl groups is 1. The van der Waals surface area contributed by atoms with Gasteiger partial charge in [-0.25, -0.2) is 4.98 Å². The van der Waals surface area contributed by atoms with E-state index in [9.17, 15) is 5.11 Å². The van der Waals surface area contributed by atoms with Crippen molar-refractivity contribution in [2.24, 2.45) is 0 Å². The number of nitrogens with zero attached hydrogens (tertiary/aromatic N) is 2. The number of β-amino-alcohol motifs (C(OH)–C–C–N with tert-alkyl or cyclic N) is 1. The minimum Gasteiger partial charge on any atom is -0.388 e. The fourth-order valence-electron chi connectivity index (χ4n) is 2.62. The van der Waals surface area contributed by atoms with Gasteiger partial charge in [0.05, 0.1) is 16.3 Å². The molecule has 1 aromatic heterocycles. The van der Waals surface area contributed by atoms with E-state index in [0.717, 1.165) is 35.8 Å². The van der Waals surface area contributed by atoms with Gasteiger partial charge < -0.3 is 10.0 Å². The lowest BCUT2D eigenvalue weighted by Gasteiger charge is -2.20. The molecule has 0 aliphatic carbocycles. The van der Waals surface area contributed by atoms with Crippen LogP contribution in [0.5, 0.6) is 0 Å². The van der Waals surface area contributed by atoms with Crippen LogP contribution in [-0.2, 0) is 6.42 Å². The molecule has 19 heavy (non-hydrogen) atoms. The highest BCUT2D eigenvalue weighted by Gasteiger charge is 2.35. The molecule has 0 amide bonds. The van der Waals surface area contributed by atoms with Crippen molar-refractivity contribution < 1.29 is 5.11 Å². The van der Waals surface area contributed by atoms with Crippen molar-refractivity contribution in [3.8, 4) is 11.3 Å². The highest BCUT2D eigenvalue weighted by Crippen LogP contribution is 2.28. The number of likely N-dealkylation sites (tertiary alicyclic amines) is 1. The molecule has 0 radical (unpaired) electrons. The number of hydrogen-bond acceptors (Lipinski definition) is 4. The number of rotatable bonds is 3. The number of aromatic nitrogens is 1. The molecule has 1 saturated heterocycles. The molecule has 1 aromatic carbocycles. The Labute approximate surface area is 117 Å². The van der Waals surface area contributed by atoms with E-state index in [4.69, 9.17) is 0 Å². The zero-order chi connectivity index (χ0) is 13.3. The highest BCUT2D eigenvalue weighted by molar-refractivity contribution is 7.09. The van der Waals surface area contributed by atoms with Crippen molar-refractivity contribution in [2.75, 3.05) is 20.1 Å². The number of thiazole rings is 1. The van der Waals surface area contributed by atoms with Crippen molar-refractivity contribution in [2.45, 2.75) is 18.4 Å². The molecule has 2 aromatic rings. The van der Waals surface area contributed by atoms with Crippen LogP contribution >= 0.6 is 11.3 Å². The number of likely N-dealkylation sites (N-methyl/N-ethyl adjacent to an activating group) is 1. The normalized spacial score (nSPS) is 23.9. The van der Waals surface area contributed by atoms with Gasteiger partial charge >= 0.3 is 0 Å². The van der Waals surface area contributed by atoms with Crippen LogP contribution in [0.1, 0.15) is 11.4 Å². The Bertz CT molecular complexity index is 554. The fraction of sp³-hybridized carbons (Fsp3) is 0.400. The Morgan fingerprint density at radius 2 is 2.16 bits per heavy atom. The van der Waals surface area contributed by atoms with Gasteiger partial charge in [-0.2, -0.15) is 0 Å². The largest absolute Gasteiger partial charge is 0.388 e. The third-order valence-corrected chi connectivity index (χ3v) is 4.47. The summed E-state index contributed by atoms with van der Waals surface area (Å²) >= 11 is 1.64. The van der Waals surface area contributed by atoms with Gasteiger partial charge in [-0.3, -0.25) is 0 Å². The van der Waals surface area contributed by atoms with Crippen LogP contribution in [0, 0.1) is 0 Å². The van der Waals surface area contributed by atoms with Crippen molar-refractivity contribution in [1.82, 2.24) is 9.88 Å². The van der Waals surface area contributed by atoms with Gasteiger partial charge in [0.1, 0.15) is 0 Å². The molecule has 4 heteroatoms. The lowest BCUT2D eigenvalue weighted by Crippen LogP contribution is -2.34. The van der Waals surface area contributed by atoms with Gasteiger partial charge in [0.2, 0.25) is 0 Å². The molecule has 0 saturated carbocycles. The minimum atomic E-state index is -0.597. The van der Waals surface area contributed by atoms with Gasteiger partial charge in [-0.1, -0.05) is 30.3 Å². The van der Waals surface area contributed by atoms with Crippen molar-refractivity contribution in [3.63, 3.8) is 0 Å². The summed E-state index contributed by atoms with van der Waals surface area (Å²) in [6, 6.07) is 10.2. The molecular formula is C15H18N2OS. The topological polar surface area (TPSA) is 36.4 Å². The first-order valence-corrected chi connectivity index (χ1v) is 7.43. The minimum absolute atomic E-state index is 0.597. The third kappa shape index (κ3) is 2.86. The first-order chi connectivity index (χ1) is 9.15. The van der Waals surface area contributed by atoms with E-state index in [2.05, 4.69) is 34.4 Å². The first kappa shape index (κ1) is 12.8. The molecule has 1 fully saturated rings. The lowest BCUT2D eigenvalue weighted by atomic mass is 9.99. The molecule has 1 atom stereocenters. The first-order valence-electron chi connectivity index (χ1n) is 6.55. The number of hydrogen-bond donors (Lipinski definition) is 1. The van der Waals surface area contributed by atoms with Crippen LogP contribution in [-0.4, -0.2) is 40.7 Å². The van der Waals surface area contributed by atoms with Crippen molar-refractivity contribution >= 4 is 11.3 Å². The molecule has 0 bridgehead atoms. The van der Waals surface area contributed by atoms with Gasteiger partial charge in [-0.15, -0.1) is 11.3 Å². The Morgan fingerprint density at radius 1 is 1.37 bits per heavy atom. The SMILES string of the molecule is CN1CCC(O)(Cc2nc(-c3ccccc3)cs2)C1. The molecule has 0 spiro atoms. The molecular weight excluding hydrogens is 256 g/mol. The fourth-order valence-corrected chi connectivity index (χ4v) is 3.56. The van der Waals surface area contributed by atoms with E-state index in [0.29, 0.717) is 6.42 Å². The summed E-state index contributed by atoms with van der Waals surface area (Å²) in [5.74, 6) is 0. The Kier molecular flexibility index (Phi) is 3.39. The predicted octanol–water partition coefficient (Wildman–Crippen LogP) is 2.42. The van der Waals surface area contributed by atoms with Crippen LogP contribution < -0.4 is 0 Å². The summed E-state index contributed by atoms with van der Waals surface area (Å²) in [5.41, 5.74) is 1.55. The summed E-state index contributed by atoms with van der Waals surface area (Å²) in [6.45, 7) is 1.71. The lowest BCUT2D eigenvalue weighted by molar-refractivity contribution is 0.0523. The maximum absolute atomic E-state index is 10.5. The van der Waals surface area contributed by atoms with E-state index in [1.807, 2.05) is 18.2 Å². The zero-order valence-corrected chi connectivity index (χ0v) is 11.9. The molecule has 2 heterocycles. The van der Waals surface area contributed by atoms with Gasteiger partial charge in [0.25, 0.3) is 0 Å². The Hall–Kier alpha value is -1.23. The molecule has 1 aliphatic heterocycles. The summed E-state index contributed by atoms with van der Waals surface area (Å²) in [5, 5.41) is 13.6. The molecule has 1 N–H and O–H groups in total. The summed E-state index contributed by atoms with van der Waals surface area (Å²) in [7, 11) is 2.05. The second-order valence-corrected chi connectivity index (χ2v) is 6.32. The smallest absolute Gasteiger partial charge is 0.0961 e. The third-order valence-electron chi connectivity index (χ3n) is 3.62. The number of benzene rings is 1. The van der Waals surface area contributed by atoms with Crippen molar-refractivity contribution in [1.29, 1.82) is 0 Å². The van der Waals surface area contributed by atoms with Crippen LogP contribution in [0.3, 0.4) is 0 Å². The van der Waals surface area contributed by atoms with Crippen LogP contribution in [0.2, 0.25) is 0 Å². The second kappa shape index (κ2) is 5.04. The van der Waals surface area contributed by atoms with E-state index in [1.165, 1.54) is 0 Å². The van der Waals surface area contributed by atoms with Gasteiger partial charge in [0, 0.05) is 30.5 Å². The molecule has 1 aliphatic rings. The quantitative estimate of drug-likeness (QED) is 0.934. The average Bonchev–Trinajstić information content (AvgIpc) is 2.98. The molecule has 1 unspecified atom stereocenters. The predicted molar refractivity (Wildman–Crippen MR) is 78.3 cm³/mol. The average molecular weight is 274 g/mol. The molecule has 100 valence electrons. The highest BCUT2D eigenvalue weighted by atomic mass is 32.1. The molecule has 3 rings (SSSR count). The standard InChI is InChI=1S/C15H18N2OS/c1-17-8-7-15(18,11-17)9-14-16-13(10-19-14)12-5-3-2-4-6-12/h2-6,10,18H,7-9,11H2,1H3. The summed E-state index contributed by atoms with van der Waals surface area (Å²) in [6.07, 6.45) is 1.50. The monoisotopic (exact) mass is 274 g/mol. The summed E-state index contributed by atoms with van der Waals surface area (Å²) in [4.78, 5) is 6.83. The van der Waals surface area contributed by atoms with Crippen LogP contribution in [0.4, 0.5) is 0 Å². The van der Waals surface area contributed by atoms with Crippen molar-refractivity contribution in [3.05, 3.63) is 40.7 Å². The van der Waals surface area contributed by atoms with E-state index >= 15 is 0 Å². The second-order valence-electron chi connectivity index (χ2n) is 5.38. The molecule has 3 nitrogen and oxygen atoms in total. The van der Waals surface area contributed by atoms with E-state index < -0.39 is 5.60 Å².